The second-order valence-corrected chi connectivity index (χ2v) is 5.55. The first-order chi connectivity index (χ1) is 7.31. The molecular weight excluding hydrogens is 200 g/mol. The predicted octanol–water partition coefficient (Wildman–Crippen LogP) is 2.32. The number of amides is 1. The molecule has 0 bridgehead atoms. The van der Waals surface area contributed by atoms with Crippen LogP contribution >= 0.6 is 0 Å². The molecule has 0 heterocycles. The van der Waals surface area contributed by atoms with Crippen molar-refractivity contribution in [2.75, 3.05) is 6.54 Å². The van der Waals surface area contributed by atoms with Gasteiger partial charge in [0.05, 0.1) is 6.54 Å². The predicted molar refractivity (Wildman–Crippen MR) is 69.4 cm³/mol. The van der Waals surface area contributed by atoms with Crippen molar-refractivity contribution < 1.29 is 4.79 Å². The summed E-state index contributed by atoms with van der Waals surface area (Å²) in [5.74, 6) is 0.102. The summed E-state index contributed by atoms with van der Waals surface area (Å²) >= 11 is 0. The maximum absolute atomic E-state index is 11.6. The highest BCUT2D eigenvalue weighted by Crippen LogP contribution is 2.17. The van der Waals surface area contributed by atoms with E-state index in [2.05, 4.69) is 52.2 Å². The molecule has 0 rings (SSSR count). The summed E-state index contributed by atoms with van der Waals surface area (Å²) in [5.41, 5.74) is 0.190. The van der Waals surface area contributed by atoms with Crippen LogP contribution in [0.15, 0.2) is 0 Å². The molecule has 96 valence electrons. The van der Waals surface area contributed by atoms with Crippen LogP contribution in [0.25, 0.3) is 0 Å². The van der Waals surface area contributed by atoms with Crippen molar-refractivity contribution in [3.05, 3.63) is 0 Å². The number of carbonyl (C=O) groups excluding carboxylic acids is 1. The molecule has 0 radical (unpaired) electrons. The van der Waals surface area contributed by atoms with Crippen molar-refractivity contribution in [2.24, 2.45) is 5.41 Å². The lowest BCUT2D eigenvalue weighted by molar-refractivity contribution is -0.121. The smallest absolute Gasteiger partial charge is 0.234 e. The highest BCUT2D eigenvalue weighted by atomic mass is 16.1. The lowest BCUT2D eigenvalue weighted by Gasteiger charge is -2.28. The normalized spacial score (nSPS) is 13.9. The molecule has 0 aliphatic heterocycles. The Morgan fingerprint density at radius 2 is 1.69 bits per heavy atom. The first-order valence-electron chi connectivity index (χ1n) is 6.34. The minimum absolute atomic E-state index is 0.102. The quantitative estimate of drug-likeness (QED) is 0.732. The fourth-order valence-corrected chi connectivity index (χ4v) is 1.32. The van der Waals surface area contributed by atoms with E-state index in [0.717, 1.165) is 12.8 Å². The molecule has 1 atom stereocenters. The second kappa shape index (κ2) is 6.89. The summed E-state index contributed by atoms with van der Waals surface area (Å²) < 4.78 is 0. The molecule has 0 aliphatic carbocycles. The van der Waals surface area contributed by atoms with E-state index in [-0.39, 0.29) is 11.3 Å². The largest absolute Gasteiger partial charge is 0.352 e. The average Bonchev–Trinajstić information content (AvgIpc) is 2.20. The molecule has 1 amide bonds. The van der Waals surface area contributed by atoms with Gasteiger partial charge < -0.3 is 10.6 Å². The molecule has 1 unspecified atom stereocenters. The third-order valence-electron chi connectivity index (χ3n) is 3.22. The molecule has 3 nitrogen and oxygen atoms in total. The molecule has 0 aromatic rings. The van der Waals surface area contributed by atoms with Crippen molar-refractivity contribution in [3.63, 3.8) is 0 Å². The van der Waals surface area contributed by atoms with Gasteiger partial charge in [0, 0.05) is 12.1 Å². The molecule has 0 aliphatic rings. The Labute approximate surface area is 100 Å². The van der Waals surface area contributed by atoms with Crippen LogP contribution in [0.3, 0.4) is 0 Å². The summed E-state index contributed by atoms with van der Waals surface area (Å²) in [4.78, 5) is 11.6. The van der Waals surface area contributed by atoms with E-state index in [1.165, 1.54) is 0 Å². The molecule has 0 saturated carbocycles. The van der Waals surface area contributed by atoms with E-state index >= 15 is 0 Å². The molecule has 2 N–H and O–H groups in total. The van der Waals surface area contributed by atoms with Gasteiger partial charge in [-0.3, -0.25) is 4.79 Å². The van der Waals surface area contributed by atoms with Crippen LogP contribution in [0.5, 0.6) is 0 Å². The highest BCUT2D eigenvalue weighted by molar-refractivity contribution is 5.78. The molecule has 3 heteroatoms. The fraction of sp³-hybridized carbons (Fsp3) is 0.923. The minimum atomic E-state index is 0.102. The van der Waals surface area contributed by atoms with Crippen LogP contribution in [0.4, 0.5) is 0 Å². The second-order valence-electron chi connectivity index (χ2n) is 5.55. The Kier molecular flexibility index (Phi) is 6.65. The standard InChI is InChI=1S/C13H28N2O/c1-7-11(8-2)15-12(16)9-14-10(3)13(4,5)6/h10-11,14H,7-9H2,1-6H3,(H,15,16). The first kappa shape index (κ1) is 15.4. The van der Waals surface area contributed by atoms with Gasteiger partial charge in [0.1, 0.15) is 0 Å². The topological polar surface area (TPSA) is 41.1 Å². The van der Waals surface area contributed by atoms with Gasteiger partial charge in [-0.2, -0.15) is 0 Å². The van der Waals surface area contributed by atoms with E-state index < -0.39 is 0 Å². The van der Waals surface area contributed by atoms with Crippen molar-refractivity contribution in [1.82, 2.24) is 10.6 Å². The van der Waals surface area contributed by atoms with E-state index in [1.54, 1.807) is 0 Å². The fourth-order valence-electron chi connectivity index (χ4n) is 1.32. The Morgan fingerprint density at radius 1 is 1.19 bits per heavy atom. The van der Waals surface area contributed by atoms with E-state index in [4.69, 9.17) is 0 Å². The zero-order valence-corrected chi connectivity index (χ0v) is 11.7. The monoisotopic (exact) mass is 228 g/mol. The first-order valence-corrected chi connectivity index (χ1v) is 6.34. The Balaban J connectivity index is 3.90. The SMILES string of the molecule is CCC(CC)NC(=O)CNC(C)C(C)(C)C. The third-order valence-corrected chi connectivity index (χ3v) is 3.22. The van der Waals surface area contributed by atoms with Gasteiger partial charge in [0.2, 0.25) is 5.91 Å². The van der Waals surface area contributed by atoms with E-state index in [0.29, 0.717) is 18.6 Å². The number of hydrogen-bond donors (Lipinski definition) is 2. The van der Waals surface area contributed by atoms with E-state index in [1.807, 2.05) is 0 Å². The zero-order valence-electron chi connectivity index (χ0n) is 11.7. The maximum atomic E-state index is 11.6. The Hall–Kier alpha value is -0.570. The van der Waals surface area contributed by atoms with Gasteiger partial charge in [0.25, 0.3) is 0 Å². The van der Waals surface area contributed by atoms with Gasteiger partial charge in [0.15, 0.2) is 0 Å². The Bertz CT molecular complexity index is 204. The third kappa shape index (κ3) is 6.11. The van der Waals surface area contributed by atoms with Crippen molar-refractivity contribution in [1.29, 1.82) is 0 Å². The van der Waals surface area contributed by atoms with Gasteiger partial charge in [-0.05, 0) is 25.2 Å². The van der Waals surface area contributed by atoms with Crippen LogP contribution in [0.1, 0.15) is 54.4 Å². The molecular formula is C13H28N2O. The average molecular weight is 228 g/mol. The van der Waals surface area contributed by atoms with Gasteiger partial charge in [-0.1, -0.05) is 34.6 Å². The number of rotatable bonds is 6. The van der Waals surface area contributed by atoms with Gasteiger partial charge in [-0.15, -0.1) is 0 Å². The zero-order chi connectivity index (χ0) is 12.8. The van der Waals surface area contributed by atoms with Gasteiger partial charge >= 0.3 is 0 Å². The van der Waals surface area contributed by atoms with Crippen LogP contribution in [-0.4, -0.2) is 24.5 Å². The molecule has 16 heavy (non-hydrogen) atoms. The molecule has 0 saturated heterocycles. The van der Waals surface area contributed by atoms with Gasteiger partial charge in [-0.25, -0.2) is 0 Å². The summed E-state index contributed by atoms with van der Waals surface area (Å²) in [7, 11) is 0. The van der Waals surface area contributed by atoms with Crippen molar-refractivity contribution in [3.8, 4) is 0 Å². The lowest BCUT2D eigenvalue weighted by Crippen LogP contribution is -2.45. The van der Waals surface area contributed by atoms with E-state index in [9.17, 15) is 4.79 Å². The summed E-state index contributed by atoms with van der Waals surface area (Å²) in [6.07, 6.45) is 1.99. The molecule has 0 spiro atoms. The van der Waals surface area contributed by atoms with Crippen molar-refractivity contribution in [2.45, 2.75) is 66.5 Å². The summed E-state index contributed by atoms with van der Waals surface area (Å²) in [5, 5.41) is 6.29. The molecule has 0 fully saturated rings. The summed E-state index contributed by atoms with van der Waals surface area (Å²) in [6, 6.07) is 0.652. The number of hydrogen-bond acceptors (Lipinski definition) is 2. The minimum Gasteiger partial charge on any atom is -0.352 e. The highest BCUT2D eigenvalue weighted by Gasteiger charge is 2.20. The number of carbonyl (C=O) groups is 1. The van der Waals surface area contributed by atoms with Crippen LogP contribution < -0.4 is 10.6 Å². The Morgan fingerprint density at radius 3 is 2.06 bits per heavy atom. The maximum Gasteiger partial charge on any atom is 0.234 e. The number of nitrogens with one attached hydrogen (secondary N) is 2. The lowest BCUT2D eigenvalue weighted by atomic mass is 9.88. The molecule has 0 aromatic carbocycles. The van der Waals surface area contributed by atoms with Crippen LogP contribution in [-0.2, 0) is 4.79 Å². The van der Waals surface area contributed by atoms with Crippen LogP contribution in [0.2, 0.25) is 0 Å². The molecule has 0 aromatic heterocycles. The summed E-state index contributed by atoms with van der Waals surface area (Å²) in [6.45, 7) is 13.2. The van der Waals surface area contributed by atoms with Crippen molar-refractivity contribution >= 4 is 5.91 Å². The van der Waals surface area contributed by atoms with Crippen LogP contribution in [0, 0.1) is 5.41 Å².